The van der Waals surface area contributed by atoms with E-state index in [-0.39, 0.29) is 17.7 Å². The molecule has 3 saturated heterocycles. The molecule has 0 bridgehead atoms. The fourth-order valence-corrected chi connectivity index (χ4v) is 5.40. The van der Waals surface area contributed by atoms with Crippen molar-refractivity contribution in [3.05, 3.63) is 35.4 Å². The molecule has 3 heterocycles. The van der Waals surface area contributed by atoms with Gasteiger partial charge in [0.15, 0.2) is 0 Å². The Morgan fingerprint density at radius 3 is 2.32 bits per heavy atom. The quantitative estimate of drug-likeness (QED) is 0.725. The van der Waals surface area contributed by atoms with Crippen molar-refractivity contribution in [3.63, 3.8) is 0 Å². The van der Waals surface area contributed by atoms with Crippen molar-refractivity contribution in [2.45, 2.75) is 58.8 Å². The number of rotatable bonds is 5. The Hall–Kier alpha value is -1.92. The maximum atomic E-state index is 13.1. The number of hydrogen-bond donors (Lipinski definition) is 0. The first kappa shape index (κ1) is 22.3. The third kappa shape index (κ3) is 5.66. The molecule has 1 aromatic carbocycles. The number of ether oxygens (including phenoxy) is 1. The van der Waals surface area contributed by atoms with Gasteiger partial charge in [0, 0.05) is 52.2 Å². The number of nitrogens with zero attached hydrogens (tertiary/aromatic N) is 3. The van der Waals surface area contributed by atoms with Crippen molar-refractivity contribution in [2.75, 3.05) is 39.3 Å². The highest BCUT2D eigenvalue weighted by molar-refractivity contribution is 5.89. The first-order valence-corrected chi connectivity index (χ1v) is 11.9. The van der Waals surface area contributed by atoms with Gasteiger partial charge in [-0.3, -0.25) is 14.5 Å². The van der Waals surface area contributed by atoms with Crippen LogP contribution in [-0.4, -0.2) is 78.0 Å². The lowest BCUT2D eigenvalue weighted by Gasteiger charge is -2.39. The number of benzene rings is 1. The first-order chi connectivity index (χ1) is 14.9. The van der Waals surface area contributed by atoms with Crippen molar-refractivity contribution < 1.29 is 14.3 Å². The molecular formula is C25H37N3O3. The van der Waals surface area contributed by atoms with Gasteiger partial charge in [0.05, 0.1) is 18.1 Å². The standard InChI is InChI=1S/C25H37N3O3/c1-18-4-6-21(7-5-18)16-28-17-23(12-24(28)29)25(30)27-10-8-22(9-11-27)15-26-13-19(2)31-20(3)14-26/h4-7,19-20,22-23H,8-17H2,1-3H3. The molecule has 4 rings (SSSR count). The highest BCUT2D eigenvalue weighted by atomic mass is 16.5. The van der Waals surface area contributed by atoms with E-state index in [1.165, 1.54) is 5.56 Å². The van der Waals surface area contributed by atoms with Crippen LogP contribution in [0, 0.1) is 18.8 Å². The van der Waals surface area contributed by atoms with Crippen molar-refractivity contribution in [3.8, 4) is 0 Å². The summed E-state index contributed by atoms with van der Waals surface area (Å²) in [6.07, 6.45) is 3.06. The molecule has 1 aromatic rings. The van der Waals surface area contributed by atoms with Gasteiger partial charge < -0.3 is 14.5 Å². The first-order valence-electron chi connectivity index (χ1n) is 11.9. The van der Waals surface area contributed by atoms with Gasteiger partial charge >= 0.3 is 0 Å². The SMILES string of the molecule is Cc1ccc(CN2CC(C(=O)N3CCC(CN4CC(C)OC(C)C4)CC3)CC2=O)cc1. The lowest BCUT2D eigenvalue weighted by Crippen LogP contribution is -2.49. The zero-order valence-electron chi connectivity index (χ0n) is 19.3. The number of piperidine rings is 1. The number of aryl methyl sites for hydroxylation is 1. The minimum atomic E-state index is -0.185. The van der Waals surface area contributed by atoms with E-state index in [0.717, 1.165) is 51.1 Å². The Kier molecular flexibility index (Phi) is 6.97. The summed E-state index contributed by atoms with van der Waals surface area (Å²) >= 11 is 0. The maximum absolute atomic E-state index is 13.1. The fourth-order valence-electron chi connectivity index (χ4n) is 5.40. The van der Waals surface area contributed by atoms with E-state index in [1.54, 1.807) is 0 Å². The molecule has 3 aliphatic heterocycles. The van der Waals surface area contributed by atoms with Crippen molar-refractivity contribution in [1.29, 1.82) is 0 Å². The van der Waals surface area contributed by atoms with Gasteiger partial charge in [-0.25, -0.2) is 0 Å². The Bertz CT molecular complexity index is 763. The molecule has 0 saturated carbocycles. The molecule has 2 amide bonds. The van der Waals surface area contributed by atoms with Gasteiger partial charge in [-0.05, 0) is 45.1 Å². The molecule has 6 nitrogen and oxygen atoms in total. The van der Waals surface area contributed by atoms with Gasteiger partial charge in [-0.1, -0.05) is 29.8 Å². The van der Waals surface area contributed by atoms with Crippen LogP contribution in [0.4, 0.5) is 0 Å². The number of carbonyl (C=O) groups is 2. The summed E-state index contributed by atoms with van der Waals surface area (Å²) in [5.41, 5.74) is 2.34. The average Bonchev–Trinajstić information content (AvgIpc) is 3.09. The van der Waals surface area contributed by atoms with Crippen LogP contribution >= 0.6 is 0 Å². The zero-order chi connectivity index (χ0) is 22.0. The highest BCUT2D eigenvalue weighted by Crippen LogP contribution is 2.26. The summed E-state index contributed by atoms with van der Waals surface area (Å²) in [4.78, 5) is 32.0. The zero-order valence-corrected chi connectivity index (χ0v) is 19.3. The number of hydrogen-bond acceptors (Lipinski definition) is 4. The molecule has 170 valence electrons. The van der Waals surface area contributed by atoms with E-state index in [0.29, 0.717) is 37.6 Å². The van der Waals surface area contributed by atoms with Crippen LogP contribution in [0.15, 0.2) is 24.3 Å². The Morgan fingerprint density at radius 1 is 1.03 bits per heavy atom. The molecule has 0 aromatic heterocycles. The van der Waals surface area contributed by atoms with Crippen LogP contribution in [0.5, 0.6) is 0 Å². The largest absolute Gasteiger partial charge is 0.373 e. The molecule has 3 fully saturated rings. The average molecular weight is 428 g/mol. The molecule has 3 aliphatic rings. The molecule has 6 heteroatoms. The summed E-state index contributed by atoms with van der Waals surface area (Å²) in [5, 5.41) is 0. The molecule has 0 spiro atoms. The van der Waals surface area contributed by atoms with Crippen LogP contribution in [0.3, 0.4) is 0 Å². The Balaban J connectivity index is 1.24. The normalized spacial score (nSPS) is 28.4. The maximum Gasteiger partial charge on any atom is 0.227 e. The second-order valence-electron chi connectivity index (χ2n) is 9.91. The molecule has 3 unspecified atom stereocenters. The Labute approximate surface area is 186 Å². The van der Waals surface area contributed by atoms with Gasteiger partial charge in [-0.15, -0.1) is 0 Å². The van der Waals surface area contributed by atoms with Gasteiger partial charge in [0.2, 0.25) is 11.8 Å². The lowest BCUT2D eigenvalue weighted by molar-refractivity contribution is -0.137. The summed E-state index contributed by atoms with van der Waals surface area (Å²) in [6.45, 7) is 12.3. The molecule has 0 aliphatic carbocycles. The Morgan fingerprint density at radius 2 is 1.68 bits per heavy atom. The van der Waals surface area contributed by atoms with Crippen LogP contribution in [-0.2, 0) is 20.9 Å². The van der Waals surface area contributed by atoms with E-state index >= 15 is 0 Å². The monoisotopic (exact) mass is 427 g/mol. The topological polar surface area (TPSA) is 53.1 Å². The third-order valence-corrected chi connectivity index (χ3v) is 7.00. The van der Waals surface area contributed by atoms with Crippen molar-refractivity contribution in [1.82, 2.24) is 14.7 Å². The summed E-state index contributed by atoms with van der Waals surface area (Å²) < 4.78 is 5.84. The number of likely N-dealkylation sites (tertiary alicyclic amines) is 2. The number of amides is 2. The highest BCUT2D eigenvalue weighted by Gasteiger charge is 2.37. The van der Waals surface area contributed by atoms with E-state index < -0.39 is 0 Å². The minimum Gasteiger partial charge on any atom is -0.373 e. The van der Waals surface area contributed by atoms with E-state index in [1.807, 2.05) is 9.80 Å². The second kappa shape index (κ2) is 9.70. The fraction of sp³-hybridized carbons (Fsp3) is 0.680. The van der Waals surface area contributed by atoms with Crippen LogP contribution in [0.1, 0.15) is 44.2 Å². The molecule has 0 N–H and O–H groups in total. The third-order valence-electron chi connectivity index (χ3n) is 7.00. The molecule has 0 radical (unpaired) electrons. The summed E-state index contributed by atoms with van der Waals surface area (Å²) in [7, 11) is 0. The molecular weight excluding hydrogens is 390 g/mol. The number of carbonyl (C=O) groups excluding carboxylic acids is 2. The van der Waals surface area contributed by atoms with Gasteiger partial charge in [-0.2, -0.15) is 0 Å². The summed E-state index contributed by atoms with van der Waals surface area (Å²) in [5.74, 6) is 0.733. The van der Waals surface area contributed by atoms with Crippen LogP contribution in [0.25, 0.3) is 0 Å². The van der Waals surface area contributed by atoms with E-state index in [9.17, 15) is 9.59 Å². The van der Waals surface area contributed by atoms with Crippen LogP contribution < -0.4 is 0 Å². The number of morpholine rings is 1. The van der Waals surface area contributed by atoms with Crippen molar-refractivity contribution >= 4 is 11.8 Å². The lowest BCUT2D eigenvalue weighted by atomic mass is 9.94. The molecule has 3 atom stereocenters. The van der Waals surface area contributed by atoms with E-state index in [4.69, 9.17) is 4.74 Å². The second-order valence-corrected chi connectivity index (χ2v) is 9.91. The van der Waals surface area contributed by atoms with E-state index in [2.05, 4.69) is 49.9 Å². The van der Waals surface area contributed by atoms with Crippen LogP contribution in [0.2, 0.25) is 0 Å². The summed E-state index contributed by atoms with van der Waals surface area (Å²) in [6, 6.07) is 8.28. The van der Waals surface area contributed by atoms with Gasteiger partial charge in [0.1, 0.15) is 0 Å². The van der Waals surface area contributed by atoms with Crippen molar-refractivity contribution in [2.24, 2.45) is 11.8 Å². The predicted octanol–water partition coefficient (Wildman–Crippen LogP) is 2.69. The minimum absolute atomic E-state index is 0.101. The smallest absolute Gasteiger partial charge is 0.227 e. The molecule has 31 heavy (non-hydrogen) atoms. The predicted molar refractivity (Wildman–Crippen MR) is 120 cm³/mol. The van der Waals surface area contributed by atoms with Gasteiger partial charge in [0.25, 0.3) is 0 Å².